The highest BCUT2D eigenvalue weighted by molar-refractivity contribution is 6.00. The number of unbranched alkanes of at least 4 members (excludes halogenated alkanes) is 1. The fourth-order valence-corrected chi connectivity index (χ4v) is 7.36. The number of ether oxygens (including phenoxy) is 2. The van der Waals surface area contributed by atoms with Crippen molar-refractivity contribution in [2.24, 2.45) is 11.0 Å². The van der Waals surface area contributed by atoms with Gasteiger partial charge >= 0.3 is 0 Å². The van der Waals surface area contributed by atoms with E-state index in [-0.39, 0.29) is 30.2 Å². The second kappa shape index (κ2) is 18.2. The normalized spacial score (nSPS) is 20.2. The first kappa shape index (κ1) is 37.1. The van der Waals surface area contributed by atoms with Crippen molar-refractivity contribution >= 4 is 17.7 Å². The molecule has 13 heteroatoms. The Morgan fingerprint density at radius 2 is 1.74 bits per heavy atom. The number of rotatable bonds is 16. The van der Waals surface area contributed by atoms with Crippen molar-refractivity contribution in [3.63, 3.8) is 0 Å². The molecule has 0 radical (unpaired) electrons. The number of carbonyl (C=O) groups excluding carboxylic acids is 3. The number of hydrogen-bond acceptors (Lipinski definition) is 8. The van der Waals surface area contributed by atoms with Gasteiger partial charge < -0.3 is 30.1 Å². The van der Waals surface area contributed by atoms with Gasteiger partial charge in [-0.15, -0.1) is 0 Å². The Kier molecular flexibility index (Phi) is 13.5. The molecule has 3 fully saturated rings. The fraction of sp³-hybridized carbons (Fsp3) is 0.595. The monoisotopic (exact) mass is 689 g/mol. The summed E-state index contributed by atoms with van der Waals surface area (Å²) in [7, 11) is 0. The highest BCUT2D eigenvalue weighted by Crippen LogP contribution is 2.36. The van der Waals surface area contributed by atoms with Gasteiger partial charge in [0.15, 0.2) is 0 Å². The van der Waals surface area contributed by atoms with Crippen LogP contribution >= 0.6 is 0 Å². The van der Waals surface area contributed by atoms with Crippen LogP contribution in [0.1, 0.15) is 80.6 Å². The Labute approximate surface area is 294 Å². The Balaban J connectivity index is 1.10. The summed E-state index contributed by atoms with van der Waals surface area (Å²) in [4.78, 5) is 46.9. The summed E-state index contributed by atoms with van der Waals surface area (Å²) >= 11 is 0. The van der Waals surface area contributed by atoms with Crippen molar-refractivity contribution in [1.82, 2.24) is 20.4 Å². The molecule has 0 bridgehead atoms. The Bertz CT molecular complexity index is 1470. The minimum Gasteiger partial charge on any atom is -0.457 e. The number of aliphatic hydroxyl groups is 1. The van der Waals surface area contributed by atoms with Crippen LogP contribution in [0, 0.1) is 5.92 Å². The molecular formula is C37H51N7O6. The van der Waals surface area contributed by atoms with E-state index in [0.29, 0.717) is 75.8 Å². The molecule has 2 aromatic carbocycles. The van der Waals surface area contributed by atoms with E-state index < -0.39 is 17.7 Å². The van der Waals surface area contributed by atoms with E-state index in [1.807, 2.05) is 29.2 Å². The molecule has 1 aliphatic carbocycles. The molecule has 2 aliphatic heterocycles. The summed E-state index contributed by atoms with van der Waals surface area (Å²) in [6.07, 6.45) is 7.10. The predicted octanol–water partition coefficient (Wildman–Crippen LogP) is 4.94. The number of aliphatic hydroxyl groups excluding tert-OH is 1. The molecule has 0 aromatic heterocycles. The van der Waals surface area contributed by atoms with E-state index in [0.717, 1.165) is 50.5 Å². The van der Waals surface area contributed by atoms with Crippen LogP contribution in [-0.4, -0.2) is 96.3 Å². The van der Waals surface area contributed by atoms with Crippen molar-refractivity contribution in [3.05, 3.63) is 70.1 Å². The number of azide groups is 1. The van der Waals surface area contributed by atoms with Gasteiger partial charge in [0.25, 0.3) is 5.91 Å². The second-order valence-corrected chi connectivity index (χ2v) is 13.6. The molecule has 2 atom stereocenters. The zero-order valence-corrected chi connectivity index (χ0v) is 29.1. The summed E-state index contributed by atoms with van der Waals surface area (Å²) in [6.45, 7) is 5.93. The third-order valence-corrected chi connectivity index (χ3v) is 10.3. The lowest BCUT2D eigenvalue weighted by Crippen LogP contribution is -2.75. The average molecular weight is 690 g/mol. The molecule has 3 N–H and O–H groups in total. The molecule has 2 aromatic rings. The summed E-state index contributed by atoms with van der Waals surface area (Å²) in [6, 6.07) is 13.9. The van der Waals surface area contributed by atoms with Crippen LogP contribution in [0.25, 0.3) is 10.4 Å². The molecule has 5 rings (SSSR count). The first-order valence-electron chi connectivity index (χ1n) is 18.1. The third kappa shape index (κ3) is 9.33. The molecule has 270 valence electrons. The van der Waals surface area contributed by atoms with E-state index in [9.17, 15) is 19.5 Å². The lowest BCUT2D eigenvalue weighted by molar-refractivity contribution is -0.166. The maximum Gasteiger partial charge on any atom is 0.251 e. The molecular weight excluding hydrogens is 638 g/mol. The zero-order valence-electron chi connectivity index (χ0n) is 29.1. The standard InChI is InChI=1S/C37H51N7O6/c1-2-3-21-44-35(47)32(33(45)28-7-5-4-6-8-28)41-36(48)37(44)17-22-43(23-18-37)26-27-9-13-30(14-10-27)50-31-15-11-29(12-16-31)34(46)39-19-24-49-25-20-40-42-38/h9-16,28,32-33,45H,2-8,17-26H2,1H3,(H,39,46)(H,41,48)/t32-,33+/m1/s1. The number of piperazine rings is 1. The lowest BCUT2D eigenvalue weighted by atomic mass is 9.78. The van der Waals surface area contributed by atoms with Gasteiger partial charge in [0, 0.05) is 49.7 Å². The predicted molar refractivity (Wildman–Crippen MR) is 188 cm³/mol. The number of amides is 3. The van der Waals surface area contributed by atoms with E-state index >= 15 is 0 Å². The number of nitrogens with one attached hydrogen (secondary N) is 2. The van der Waals surface area contributed by atoms with Gasteiger partial charge in [0.2, 0.25) is 11.8 Å². The number of likely N-dealkylation sites (tertiary alicyclic amines) is 1. The van der Waals surface area contributed by atoms with Crippen LogP contribution in [0.5, 0.6) is 11.5 Å². The molecule has 1 spiro atoms. The van der Waals surface area contributed by atoms with Crippen LogP contribution in [-0.2, 0) is 20.9 Å². The zero-order chi connectivity index (χ0) is 35.3. The quantitative estimate of drug-likeness (QED) is 0.0971. The number of carbonyl (C=O) groups is 3. The lowest BCUT2D eigenvalue weighted by Gasteiger charge is -2.52. The molecule has 1 saturated carbocycles. The average Bonchev–Trinajstić information content (AvgIpc) is 3.14. The van der Waals surface area contributed by atoms with Crippen LogP contribution in [0.15, 0.2) is 53.6 Å². The maximum atomic E-state index is 13.9. The van der Waals surface area contributed by atoms with Crippen molar-refractivity contribution in [3.8, 4) is 11.5 Å². The van der Waals surface area contributed by atoms with Crippen LogP contribution in [0.2, 0.25) is 0 Å². The SMILES string of the molecule is CCCCN1C(=O)[C@@H]([C@@H](O)C2CCCCC2)NC(=O)C12CCN(Cc1ccc(Oc3ccc(C(=O)NCCOCCN=[N+]=[N-])cc3)cc1)CC2. The van der Waals surface area contributed by atoms with E-state index in [4.69, 9.17) is 15.0 Å². The van der Waals surface area contributed by atoms with Gasteiger partial charge in [-0.25, -0.2) is 0 Å². The van der Waals surface area contributed by atoms with Crippen molar-refractivity contribution in [2.75, 3.05) is 45.9 Å². The largest absolute Gasteiger partial charge is 0.457 e. The van der Waals surface area contributed by atoms with Crippen molar-refractivity contribution in [2.45, 2.75) is 88.9 Å². The number of benzene rings is 2. The molecule has 2 saturated heterocycles. The van der Waals surface area contributed by atoms with E-state index in [1.54, 1.807) is 24.3 Å². The first-order valence-corrected chi connectivity index (χ1v) is 18.1. The van der Waals surface area contributed by atoms with Crippen molar-refractivity contribution < 1.29 is 29.0 Å². The molecule has 13 nitrogen and oxygen atoms in total. The molecule has 3 amide bonds. The number of nitrogens with zero attached hydrogens (tertiary/aromatic N) is 5. The summed E-state index contributed by atoms with van der Waals surface area (Å²) in [5, 5.41) is 20.4. The second-order valence-electron chi connectivity index (χ2n) is 13.6. The first-order chi connectivity index (χ1) is 24.3. The number of piperidine rings is 1. The topological polar surface area (TPSA) is 169 Å². The molecule has 3 aliphatic rings. The smallest absolute Gasteiger partial charge is 0.251 e. The Hall–Kier alpha value is -4.16. The van der Waals surface area contributed by atoms with Gasteiger partial charge in [-0.2, -0.15) is 0 Å². The van der Waals surface area contributed by atoms with Crippen LogP contribution in [0.3, 0.4) is 0 Å². The third-order valence-electron chi connectivity index (χ3n) is 10.3. The van der Waals surface area contributed by atoms with Gasteiger partial charge in [-0.1, -0.05) is 49.9 Å². The molecule has 0 unspecified atom stereocenters. The van der Waals surface area contributed by atoms with Crippen LogP contribution < -0.4 is 15.4 Å². The number of hydrogen-bond donors (Lipinski definition) is 3. The fourth-order valence-electron chi connectivity index (χ4n) is 7.36. The highest BCUT2D eigenvalue weighted by Gasteiger charge is 2.55. The summed E-state index contributed by atoms with van der Waals surface area (Å²) < 4.78 is 11.3. The van der Waals surface area contributed by atoms with Gasteiger partial charge in [0.1, 0.15) is 23.1 Å². The maximum absolute atomic E-state index is 13.9. The van der Waals surface area contributed by atoms with Gasteiger partial charge in [-0.05, 0) is 85.5 Å². The van der Waals surface area contributed by atoms with E-state index in [1.165, 1.54) is 0 Å². The Morgan fingerprint density at radius 3 is 2.40 bits per heavy atom. The van der Waals surface area contributed by atoms with Crippen LogP contribution in [0.4, 0.5) is 0 Å². The van der Waals surface area contributed by atoms with Gasteiger partial charge in [-0.3, -0.25) is 19.3 Å². The van der Waals surface area contributed by atoms with E-state index in [2.05, 4.69) is 32.5 Å². The molecule has 2 heterocycles. The molecule has 50 heavy (non-hydrogen) atoms. The minimum atomic E-state index is -0.872. The van der Waals surface area contributed by atoms with Crippen molar-refractivity contribution in [1.29, 1.82) is 0 Å². The summed E-state index contributed by atoms with van der Waals surface area (Å²) in [5.41, 5.74) is 9.01. The van der Waals surface area contributed by atoms with Gasteiger partial charge in [0.05, 0.1) is 19.3 Å². The summed E-state index contributed by atoms with van der Waals surface area (Å²) in [5.74, 6) is 0.880. The minimum absolute atomic E-state index is 0.0543. The highest BCUT2D eigenvalue weighted by atomic mass is 16.5. The Morgan fingerprint density at radius 1 is 1.06 bits per heavy atom.